The van der Waals surface area contributed by atoms with Crippen LogP contribution in [0.1, 0.15) is 130 Å². The fourth-order valence-electron chi connectivity index (χ4n) is 11.9. The zero-order valence-corrected chi connectivity index (χ0v) is 22.5. The summed E-state index contributed by atoms with van der Waals surface area (Å²) >= 11 is 0. The predicted molar refractivity (Wildman–Crippen MR) is 141 cm³/mol. The first kappa shape index (κ1) is 23.4. The second-order valence-electron chi connectivity index (χ2n) is 14.6. The summed E-state index contributed by atoms with van der Waals surface area (Å²) in [5.74, 6) is 14.3. The lowest BCUT2D eigenvalue weighted by molar-refractivity contribution is -0.0238. The van der Waals surface area contributed by atoms with Gasteiger partial charge in [-0.1, -0.05) is 65.7 Å². The highest BCUT2D eigenvalue weighted by Gasteiger charge is 2.59. The maximum atomic E-state index is 2.68. The van der Waals surface area contributed by atoms with Crippen LogP contribution in [-0.2, 0) is 0 Å². The average molecular weight is 453 g/mol. The molecule has 0 N–H and O–H groups in total. The SMILES string of the molecule is CCC1C(C)C2CCCC(C3CCC(C4CCCC(C)CC5CCCCC54)CC3)C2C2CC12. The van der Waals surface area contributed by atoms with Crippen molar-refractivity contribution in [2.24, 2.45) is 76.9 Å². The number of hydrogen-bond acceptors (Lipinski definition) is 0. The molecule has 0 spiro atoms. The number of fused-ring (bicyclic) bond motifs is 4. The van der Waals surface area contributed by atoms with E-state index in [2.05, 4.69) is 20.8 Å². The van der Waals surface area contributed by atoms with E-state index in [0.717, 1.165) is 76.9 Å². The summed E-state index contributed by atoms with van der Waals surface area (Å²) in [7, 11) is 0. The maximum absolute atomic E-state index is 2.68. The smallest absolute Gasteiger partial charge is 0.0321 e. The summed E-state index contributed by atoms with van der Waals surface area (Å²) in [6, 6.07) is 0. The summed E-state index contributed by atoms with van der Waals surface area (Å²) in [4.78, 5) is 0. The highest BCUT2D eigenvalue weighted by Crippen LogP contribution is 2.66. The Morgan fingerprint density at radius 2 is 1.09 bits per heavy atom. The van der Waals surface area contributed by atoms with Crippen LogP contribution in [0.25, 0.3) is 0 Å². The zero-order valence-electron chi connectivity index (χ0n) is 22.5. The fraction of sp³-hybridized carbons (Fsp3) is 1.00. The van der Waals surface area contributed by atoms with Gasteiger partial charge < -0.3 is 0 Å². The summed E-state index contributed by atoms with van der Waals surface area (Å²) in [6.07, 6.45) is 26.8. The van der Waals surface area contributed by atoms with Gasteiger partial charge in [0.25, 0.3) is 0 Å². The minimum atomic E-state index is 1.00. The van der Waals surface area contributed by atoms with Gasteiger partial charge in [-0.05, 0) is 141 Å². The molecule has 0 aliphatic heterocycles. The van der Waals surface area contributed by atoms with E-state index in [1.807, 2.05) is 0 Å². The second kappa shape index (κ2) is 9.81. The topological polar surface area (TPSA) is 0 Å². The summed E-state index contributed by atoms with van der Waals surface area (Å²) in [5, 5.41) is 0. The summed E-state index contributed by atoms with van der Waals surface area (Å²) in [6.45, 7) is 7.73. The lowest BCUT2D eigenvalue weighted by Gasteiger charge is -2.51. The van der Waals surface area contributed by atoms with Gasteiger partial charge in [-0.15, -0.1) is 0 Å². The molecule has 6 rings (SSSR count). The molecule has 6 fully saturated rings. The molecule has 11 atom stereocenters. The molecule has 0 bridgehead atoms. The van der Waals surface area contributed by atoms with Crippen molar-refractivity contribution < 1.29 is 0 Å². The Hall–Kier alpha value is 0. The van der Waals surface area contributed by atoms with Crippen LogP contribution >= 0.6 is 0 Å². The number of hydrogen-bond donors (Lipinski definition) is 0. The van der Waals surface area contributed by atoms with E-state index in [-0.39, 0.29) is 0 Å². The van der Waals surface area contributed by atoms with Crippen LogP contribution in [0, 0.1) is 76.9 Å². The van der Waals surface area contributed by atoms with Crippen LogP contribution in [0.3, 0.4) is 0 Å². The lowest BCUT2D eigenvalue weighted by Crippen LogP contribution is -2.44. The third kappa shape index (κ3) is 4.39. The van der Waals surface area contributed by atoms with Crippen LogP contribution in [0.4, 0.5) is 0 Å². The van der Waals surface area contributed by atoms with Crippen molar-refractivity contribution in [1.82, 2.24) is 0 Å². The standard InChI is InChI=1S/C33H56/c1-4-26-22(3)27-12-8-14-30(33(27)32-20-31(26)32)24-17-15-23(16-18-24)28-13-7-9-21(2)19-25-10-5-6-11-29(25)28/h21-33H,4-20H2,1-3H3. The van der Waals surface area contributed by atoms with Gasteiger partial charge in [-0.2, -0.15) is 0 Å². The Kier molecular flexibility index (Phi) is 6.95. The van der Waals surface area contributed by atoms with Gasteiger partial charge >= 0.3 is 0 Å². The molecule has 0 heterocycles. The van der Waals surface area contributed by atoms with Crippen LogP contribution in [-0.4, -0.2) is 0 Å². The van der Waals surface area contributed by atoms with Gasteiger partial charge in [0.15, 0.2) is 0 Å². The van der Waals surface area contributed by atoms with Crippen molar-refractivity contribution >= 4 is 0 Å². The first-order chi connectivity index (χ1) is 16.2. The Labute approximate surface area is 206 Å². The Bertz CT molecular complexity index is 642. The first-order valence-electron chi connectivity index (χ1n) is 16.2. The second-order valence-corrected chi connectivity index (χ2v) is 14.6. The quantitative estimate of drug-likeness (QED) is 0.399. The van der Waals surface area contributed by atoms with Crippen molar-refractivity contribution in [3.63, 3.8) is 0 Å². The molecule has 33 heavy (non-hydrogen) atoms. The predicted octanol–water partition coefficient (Wildman–Crippen LogP) is 9.77. The first-order valence-corrected chi connectivity index (χ1v) is 16.2. The Morgan fingerprint density at radius 1 is 0.485 bits per heavy atom. The molecule has 0 aromatic heterocycles. The highest BCUT2D eigenvalue weighted by molar-refractivity contribution is 5.08. The van der Waals surface area contributed by atoms with Crippen LogP contribution in [0.5, 0.6) is 0 Å². The molecule has 11 unspecified atom stereocenters. The van der Waals surface area contributed by atoms with E-state index in [1.54, 1.807) is 89.9 Å². The molecule has 0 radical (unpaired) electrons. The van der Waals surface area contributed by atoms with Gasteiger partial charge in [-0.3, -0.25) is 0 Å². The zero-order chi connectivity index (χ0) is 22.5. The van der Waals surface area contributed by atoms with Crippen molar-refractivity contribution in [3.05, 3.63) is 0 Å². The Morgan fingerprint density at radius 3 is 1.88 bits per heavy atom. The van der Waals surface area contributed by atoms with Crippen molar-refractivity contribution in [1.29, 1.82) is 0 Å². The molecule has 6 aliphatic carbocycles. The van der Waals surface area contributed by atoms with E-state index in [1.165, 1.54) is 19.3 Å². The molecule has 0 heteroatoms. The molecule has 0 saturated heterocycles. The average Bonchev–Trinajstić information content (AvgIpc) is 3.62. The van der Waals surface area contributed by atoms with Gasteiger partial charge in [0.1, 0.15) is 0 Å². The summed E-state index contributed by atoms with van der Waals surface area (Å²) in [5.41, 5.74) is 0. The normalized spacial score (nSPS) is 54.8. The third-order valence-corrected chi connectivity index (χ3v) is 13.3. The third-order valence-electron chi connectivity index (χ3n) is 13.3. The molecular weight excluding hydrogens is 396 g/mol. The van der Waals surface area contributed by atoms with Gasteiger partial charge in [0.2, 0.25) is 0 Å². The molecular formula is C33H56. The van der Waals surface area contributed by atoms with Crippen LogP contribution < -0.4 is 0 Å². The van der Waals surface area contributed by atoms with Gasteiger partial charge in [0, 0.05) is 0 Å². The van der Waals surface area contributed by atoms with E-state index in [4.69, 9.17) is 0 Å². The van der Waals surface area contributed by atoms with Crippen LogP contribution in [0.2, 0.25) is 0 Å². The van der Waals surface area contributed by atoms with Crippen molar-refractivity contribution in [3.8, 4) is 0 Å². The van der Waals surface area contributed by atoms with Gasteiger partial charge in [0.05, 0.1) is 0 Å². The lowest BCUT2D eigenvalue weighted by atomic mass is 9.54. The molecule has 188 valence electrons. The minimum absolute atomic E-state index is 1.00. The van der Waals surface area contributed by atoms with E-state index >= 15 is 0 Å². The molecule has 6 saturated carbocycles. The van der Waals surface area contributed by atoms with E-state index < -0.39 is 0 Å². The van der Waals surface area contributed by atoms with Crippen molar-refractivity contribution in [2.45, 2.75) is 130 Å². The monoisotopic (exact) mass is 452 g/mol. The fourth-order valence-corrected chi connectivity index (χ4v) is 11.9. The van der Waals surface area contributed by atoms with E-state index in [0.29, 0.717) is 0 Å². The van der Waals surface area contributed by atoms with Crippen molar-refractivity contribution in [2.75, 3.05) is 0 Å². The number of rotatable bonds is 3. The molecule has 6 aliphatic rings. The Balaban J connectivity index is 1.11. The molecule has 0 aromatic carbocycles. The molecule has 0 nitrogen and oxygen atoms in total. The maximum Gasteiger partial charge on any atom is -0.0321 e. The summed E-state index contributed by atoms with van der Waals surface area (Å²) < 4.78 is 0. The molecule has 0 aromatic rings. The molecule has 0 amide bonds. The largest absolute Gasteiger partial charge is 0.0651 e. The van der Waals surface area contributed by atoms with E-state index in [9.17, 15) is 0 Å². The minimum Gasteiger partial charge on any atom is -0.0651 e. The van der Waals surface area contributed by atoms with Gasteiger partial charge in [-0.25, -0.2) is 0 Å². The van der Waals surface area contributed by atoms with Crippen LogP contribution in [0.15, 0.2) is 0 Å². The highest BCUT2D eigenvalue weighted by atomic mass is 14.6.